The van der Waals surface area contributed by atoms with Gasteiger partial charge in [-0.2, -0.15) is 0 Å². The van der Waals surface area contributed by atoms with E-state index in [-0.39, 0.29) is 5.97 Å². The lowest BCUT2D eigenvalue weighted by molar-refractivity contribution is -0.149. The van der Waals surface area contributed by atoms with Gasteiger partial charge in [-0.05, 0) is 44.0 Å². The summed E-state index contributed by atoms with van der Waals surface area (Å²) >= 11 is 1.56. The van der Waals surface area contributed by atoms with E-state index in [4.69, 9.17) is 9.47 Å². The van der Waals surface area contributed by atoms with E-state index in [0.717, 1.165) is 23.4 Å². The van der Waals surface area contributed by atoms with Crippen LogP contribution in [0.4, 0.5) is 5.69 Å². The fourth-order valence-corrected chi connectivity index (χ4v) is 2.35. The number of aliphatic imine (C=N–C) groups is 1. The van der Waals surface area contributed by atoms with Crippen molar-refractivity contribution in [1.29, 1.82) is 0 Å². The highest BCUT2D eigenvalue weighted by molar-refractivity contribution is 7.98. The number of carbonyl (C=O) groups excluding carboxylic acids is 1. The van der Waals surface area contributed by atoms with E-state index in [1.165, 1.54) is 7.11 Å². The molecule has 4 nitrogen and oxygen atoms in total. The van der Waals surface area contributed by atoms with Crippen molar-refractivity contribution in [2.24, 2.45) is 4.99 Å². The van der Waals surface area contributed by atoms with Crippen LogP contribution in [0, 0.1) is 0 Å². The normalized spacial score (nSPS) is 11.8. The summed E-state index contributed by atoms with van der Waals surface area (Å²) in [4.78, 5) is 16.6. The number of thioether (sulfide) groups is 1. The highest BCUT2D eigenvalue weighted by atomic mass is 32.2. The second-order valence-electron chi connectivity index (χ2n) is 4.26. The van der Waals surface area contributed by atoms with Crippen LogP contribution in [-0.4, -0.2) is 32.2 Å². The van der Waals surface area contributed by atoms with Crippen molar-refractivity contribution in [3.63, 3.8) is 0 Å². The van der Waals surface area contributed by atoms with Gasteiger partial charge in [0.2, 0.25) is 0 Å². The number of esters is 1. The molecule has 0 aliphatic carbocycles. The predicted octanol–water partition coefficient (Wildman–Crippen LogP) is 3.85. The average Bonchev–Trinajstić information content (AvgIpc) is 2.50. The largest absolute Gasteiger partial charge is 0.479 e. The van der Waals surface area contributed by atoms with Crippen molar-refractivity contribution in [3.05, 3.63) is 18.2 Å². The first kappa shape index (κ1) is 16.6. The molecule has 1 atom stereocenters. The Morgan fingerprint density at radius 2 is 2.25 bits per heavy atom. The summed E-state index contributed by atoms with van der Waals surface area (Å²) in [5.41, 5.74) is 0.813. The summed E-state index contributed by atoms with van der Waals surface area (Å²) in [6.07, 6.45) is 3.98. The van der Waals surface area contributed by atoms with Crippen molar-refractivity contribution in [1.82, 2.24) is 0 Å². The number of hydrogen-bond acceptors (Lipinski definition) is 5. The molecule has 0 N–H and O–H groups in total. The van der Waals surface area contributed by atoms with Gasteiger partial charge in [-0.15, -0.1) is 11.8 Å². The van der Waals surface area contributed by atoms with Crippen LogP contribution in [0.3, 0.4) is 0 Å². The monoisotopic (exact) mass is 295 g/mol. The van der Waals surface area contributed by atoms with E-state index >= 15 is 0 Å². The maximum atomic E-state index is 11.7. The fraction of sp³-hybridized carbons (Fsp3) is 0.467. The number of benzene rings is 1. The van der Waals surface area contributed by atoms with Gasteiger partial charge in [0.15, 0.2) is 6.10 Å². The number of unbranched alkanes of at least 4 members (excludes halogenated alkanes) is 1. The van der Waals surface area contributed by atoms with Gasteiger partial charge in [0, 0.05) is 4.90 Å². The van der Waals surface area contributed by atoms with E-state index in [9.17, 15) is 4.79 Å². The lowest BCUT2D eigenvalue weighted by Crippen LogP contribution is -2.28. The van der Waals surface area contributed by atoms with Crippen molar-refractivity contribution >= 4 is 30.1 Å². The number of hydrogen-bond donors (Lipinski definition) is 0. The number of rotatable bonds is 8. The van der Waals surface area contributed by atoms with Gasteiger partial charge in [-0.25, -0.2) is 4.79 Å². The van der Waals surface area contributed by atoms with Crippen LogP contribution in [0.2, 0.25) is 0 Å². The Balaban J connectivity index is 2.87. The molecule has 0 fully saturated rings. The molecule has 1 aromatic carbocycles. The molecule has 1 aromatic rings. The second kappa shape index (κ2) is 8.64. The Labute approximate surface area is 124 Å². The zero-order valence-electron chi connectivity index (χ0n) is 12.2. The van der Waals surface area contributed by atoms with Gasteiger partial charge in [0.1, 0.15) is 5.75 Å². The smallest absolute Gasteiger partial charge is 0.347 e. The van der Waals surface area contributed by atoms with Crippen LogP contribution in [-0.2, 0) is 9.53 Å². The van der Waals surface area contributed by atoms with Gasteiger partial charge < -0.3 is 9.47 Å². The number of methoxy groups -OCH3 is 1. The van der Waals surface area contributed by atoms with Crippen molar-refractivity contribution < 1.29 is 14.3 Å². The third-order valence-electron chi connectivity index (χ3n) is 2.88. The maximum Gasteiger partial charge on any atom is 0.347 e. The average molecular weight is 295 g/mol. The Morgan fingerprint density at radius 1 is 1.50 bits per heavy atom. The van der Waals surface area contributed by atoms with E-state index < -0.39 is 6.10 Å². The first-order valence-electron chi connectivity index (χ1n) is 6.55. The minimum atomic E-state index is -0.558. The van der Waals surface area contributed by atoms with Gasteiger partial charge in [-0.1, -0.05) is 13.3 Å². The molecular formula is C15H21NO3S. The molecule has 5 heteroatoms. The molecular weight excluding hydrogens is 274 g/mol. The first-order chi connectivity index (χ1) is 9.65. The second-order valence-corrected chi connectivity index (χ2v) is 5.11. The van der Waals surface area contributed by atoms with Crippen molar-refractivity contribution in [2.75, 3.05) is 13.4 Å². The van der Waals surface area contributed by atoms with Crippen LogP contribution in [0.25, 0.3) is 0 Å². The summed E-state index contributed by atoms with van der Waals surface area (Å²) < 4.78 is 10.5. The highest BCUT2D eigenvalue weighted by Gasteiger charge is 2.20. The standard InChI is InChI=1S/C15H21NO3S/c1-5-6-7-13(15(17)18-3)19-11-8-9-12(16-2)14(10-11)20-4/h8-10,13H,2,5-7H2,1,3-4H3. The lowest BCUT2D eigenvalue weighted by atomic mass is 10.1. The molecule has 0 saturated heterocycles. The highest BCUT2D eigenvalue weighted by Crippen LogP contribution is 2.32. The molecule has 0 amide bonds. The predicted molar refractivity (Wildman–Crippen MR) is 83.4 cm³/mol. The van der Waals surface area contributed by atoms with Gasteiger partial charge >= 0.3 is 5.97 Å². The summed E-state index contributed by atoms with van der Waals surface area (Å²) in [5.74, 6) is 0.309. The summed E-state index contributed by atoms with van der Waals surface area (Å²) in [6.45, 7) is 5.61. The molecule has 0 bridgehead atoms. The van der Waals surface area contributed by atoms with Crippen LogP contribution >= 0.6 is 11.8 Å². The summed E-state index contributed by atoms with van der Waals surface area (Å²) in [6, 6.07) is 5.50. The van der Waals surface area contributed by atoms with E-state index in [1.807, 2.05) is 18.4 Å². The van der Waals surface area contributed by atoms with Gasteiger partial charge in [-0.3, -0.25) is 4.99 Å². The molecule has 0 aliphatic rings. The van der Waals surface area contributed by atoms with Crippen LogP contribution < -0.4 is 4.74 Å². The van der Waals surface area contributed by atoms with E-state index in [0.29, 0.717) is 12.2 Å². The Morgan fingerprint density at radius 3 is 2.80 bits per heavy atom. The molecule has 0 spiro atoms. The molecule has 1 unspecified atom stereocenters. The molecule has 0 radical (unpaired) electrons. The summed E-state index contributed by atoms with van der Waals surface area (Å²) in [7, 11) is 1.38. The Bertz CT molecular complexity index is 462. The molecule has 0 aliphatic heterocycles. The lowest BCUT2D eigenvalue weighted by Gasteiger charge is -2.17. The molecule has 0 heterocycles. The molecule has 110 valence electrons. The fourth-order valence-electron chi connectivity index (χ4n) is 1.77. The first-order valence-corrected chi connectivity index (χ1v) is 7.78. The maximum absolute atomic E-state index is 11.7. The van der Waals surface area contributed by atoms with Crippen LogP contribution in [0.5, 0.6) is 5.75 Å². The quantitative estimate of drug-likeness (QED) is 0.415. The van der Waals surface area contributed by atoms with E-state index in [2.05, 4.69) is 18.6 Å². The molecule has 20 heavy (non-hydrogen) atoms. The van der Waals surface area contributed by atoms with Crippen LogP contribution in [0.15, 0.2) is 28.1 Å². The third kappa shape index (κ3) is 4.56. The van der Waals surface area contributed by atoms with Gasteiger partial charge in [0.25, 0.3) is 0 Å². The Kier molecular flexibility index (Phi) is 7.15. The van der Waals surface area contributed by atoms with E-state index in [1.54, 1.807) is 17.8 Å². The molecule has 1 rings (SSSR count). The number of nitrogens with zero attached hydrogens (tertiary/aromatic N) is 1. The Hall–Kier alpha value is -1.49. The van der Waals surface area contributed by atoms with Crippen molar-refractivity contribution in [2.45, 2.75) is 37.2 Å². The minimum absolute atomic E-state index is 0.338. The zero-order valence-corrected chi connectivity index (χ0v) is 13.0. The third-order valence-corrected chi connectivity index (χ3v) is 3.65. The SMILES string of the molecule is C=Nc1ccc(OC(CCCC)C(=O)OC)cc1SC. The van der Waals surface area contributed by atoms with Crippen LogP contribution in [0.1, 0.15) is 26.2 Å². The summed E-state index contributed by atoms with van der Waals surface area (Å²) in [5, 5.41) is 0. The molecule has 0 saturated carbocycles. The minimum Gasteiger partial charge on any atom is -0.479 e. The molecule has 0 aromatic heterocycles. The van der Waals surface area contributed by atoms with Gasteiger partial charge in [0.05, 0.1) is 12.8 Å². The topological polar surface area (TPSA) is 47.9 Å². The van der Waals surface area contributed by atoms with Crippen molar-refractivity contribution in [3.8, 4) is 5.75 Å². The number of carbonyl (C=O) groups is 1. The number of ether oxygens (including phenoxy) is 2. The zero-order chi connectivity index (χ0) is 15.0.